The molecule has 1 aromatic rings. The molecule has 0 aliphatic carbocycles. The van der Waals surface area contributed by atoms with Crippen molar-refractivity contribution in [2.75, 3.05) is 19.7 Å². The number of hydrogen-bond donors (Lipinski definition) is 1. The van der Waals surface area contributed by atoms with Crippen molar-refractivity contribution in [3.63, 3.8) is 0 Å². The molecule has 1 unspecified atom stereocenters. The summed E-state index contributed by atoms with van der Waals surface area (Å²) in [6.45, 7) is 9.45. The molecule has 0 aliphatic heterocycles. The maximum Gasteiger partial charge on any atom is 0.129 e. The van der Waals surface area contributed by atoms with E-state index in [9.17, 15) is 0 Å². The lowest BCUT2D eigenvalue weighted by atomic mass is 10.2. The lowest BCUT2D eigenvalue weighted by Gasteiger charge is -2.28. The van der Waals surface area contributed by atoms with Gasteiger partial charge in [0.2, 0.25) is 0 Å². The zero-order valence-electron chi connectivity index (χ0n) is 13.5. The van der Waals surface area contributed by atoms with Gasteiger partial charge in [0.25, 0.3) is 0 Å². The van der Waals surface area contributed by atoms with Gasteiger partial charge in [0.05, 0.1) is 5.56 Å². The van der Waals surface area contributed by atoms with Crippen molar-refractivity contribution in [2.45, 2.75) is 46.1 Å². The van der Waals surface area contributed by atoms with Crippen molar-refractivity contribution < 1.29 is 4.74 Å². The minimum absolute atomic E-state index is 0.385. The molecule has 0 aliphatic rings. The first kappa shape index (κ1) is 17.9. The van der Waals surface area contributed by atoms with E-state index in [4.69, 9.17) is 22.7 Å². The summed E-state index contributed by atoms with van der Waals surface area (Å²) in [6.07, 6.45) is 3.61. The summed E-state index contributed by atoms with van der Waals surface area (Å²) in [6, 6.07) is 8.29. The third-order valence-corrected chi connectivity index (χ3v) is 4.02. The van der Waals surface area contributed by atoms with Crippen LogP contribution in [-0.2, 0) is 0 Å². The Bertz CT molecular complexity index is 437. The predicted octanol–water partition coefficient (Wildman–Crippen LogP) is 3.60. The Labute approximate surface area is 134 Å². The number of benzene rings is 1. The summed E-state index contributed by atoms with van der Waals surface area (Å²) in [5, 5.41) is 0. The summed E-state index contributed by atoms with van der Waals surface area (Å²) in [4.78, 5) is 2.88. The number of hydrogen-bond acceptors (Lipinski definition) is 3. The quantitative estimate of drug-likeness (QED) is 0.670. The molecule has 118 valence electrons. The molecule has 1 rings (SSSR count). The molecule has 21 heavy (non-hydrogen) atoms. The van der Waals surface area contributed by atoms with Crippen LogP contribution in [-0.4, -0.2) is 35.6 Å². The first-order valence-corrected chi connectivity index (χ1v) is 8.26. The second-order valence-electron chi connectivity index (χ2n) is 5.36. The van der Waals surface area contributed by atoms with Gasteiger partial charge in [-0.2, -0.15) is 0 Å². The van der Waals surface area contributed by atoms with Crippen molar-refractivity contribution >= 4 is 17.2 Å². The molecular weight excluding hydrogens is 280 g/mol. The molecule has 0 saturated heterocycles. The molecule has 0 spiro atoms. The first-order chi connectivity index (χ1) is 10.1. The van der Waals surface area contributed by atoms with Gasteiger partial charge in [-0.1, -0.05) is 44.6 Å². The summed E-state index contributed by atoms with van der Waals surface area (Å²) in [5.74, 6) is 0.782. The van der Waals surface area contributed by atoms with Crippen LogP contribution in [0.15, 0.2) is 24.3 Å². The van der Waals surface area contributed by atoms with Gasteiger partial charge in [0.15, 0.2) is 0 Å². The summed E-state index contributed by atoms with van der Waals surface area (Å²) in [5.41, 5.74) is 6.54. The number of para-hydroxylation sites is 1. The normalized spacial score (nSPS) is 12.4. The summed E-state index contributed by atoms with van der Waals surface area (Å²) < 4.78 is 5.89. The van der Waals surface area contributed by atoms with E-state index < -0.39 is 0 Å². The number of ether oxygens (including phenoxy) is 1. The molecule has 0 saturated carbocycles. The number of unbranched alkanes of at least 4 members (excludes halogenated alkanes) is 1. The van der Waals surface area contributed by atoms with Crippen molar-refractivity contribution in [2.24, 2.45) is 5.73 Å². The molecule has 0 radical (unpaired) electrons. The molecular formula is C17H28N2OS. The molecule has 3 nitrogen and oxygen atoms in total. The van der Waals surface area contributed by atoms with E-state index in [-0.39, 0.29) is 0 Å². The lowest BCUT2D eigenvalue weighted by molar-refractivity contribution is 0.162. The molecule has 0 bridgehead atoms. The third kappa shape index (κ3) is 6.02. The Kier molecular flexibility index (Phi) is 8.31. The van der Waals surface area contributed by atoms with Gasteiger partial charge in [0.1, 0.15) is 17.3 Å². The van der Waals surface area contributed by atoms with Crippen LogP contribution in [0.5, 0.6) is 5.75 Å². The second-order valence-corrected chi connectivity index (χ2v) is 5.80. The Balaban J connectivity index is 2.55. The topological polar surface area (TPSA) is 38.5 Å². The number of rotatable bonds is 10. The van der Waals surface area contributed by atoms with Crippen molar-refractivity contribution in [3.8, 4) is 5.75 Å². The van der Waals surface area contributed by atoms with E-state index in [0.717, 1.165) is 30.8 Å². The van der Waals surface area contributed by atoms with Gasteiger partial charge in [0, 0.05) is 12.6 Å². The van der Waals surface area contributed by atoms with Crippen LogP contribution >= 0.6 is 12.2 Å². The van der Waals surface area contributed by atoms with Crippen molar-refractivity contribution in [3.05, 3.63) is 29.8 Å². The van der Waals surface area contributed by atoms with Gasteiger partial charge in [-0.15, -0.1) is 0 Å². The van der Waals surface area contributed by atoms with Crippen LogP contribution in [0, 0.1) is 0 Å². The highest BCUT2D eigenvalue weighted by molar-refractivity contribution is 7.80. The summed E-state index contributed by atoms with van der Waals surface area (Å²) in [7, 11) is 0. The zero-order chi connectivity index (χ0) is 15.7. The standard InChI is InChI=1S/C17H28N2OS/c1-4-6-11-19(14(3)5-2)12-13-20-16-10-8-7-9-15(16)17(18)21/h7-10,14H,4-6,11-13H2,1-3H3,(H2,18,21). The molecule has 1 atom stereocenters. The highest BCUT2D eigenvalue weighted by Crippen LogP contribution is 2.17. The Hall–Kier alpha value is -1.13. The highest BCUT2D eigenvalue weighted by Gasteiger charge is 2.12. The first-order valence-electron chi connectivity index (χ1n) is 7.85. The van der Waals surface area contributed by atoms with Gasteiger partial charge in [-0.3, -0.25) is 4.90 Å². The number of thiocarbonyl (C=S) groups is 1. The van der Waals surface area contributed by atoms with Gasteiger partial charge >= 0.3 is 0 Å². The highest BCUT2D eigenvalue weighted by atomic mass is 32.1. The Morgan fingerprint density at radius 1 is 1.29 bits per heavy atom. The average molecular weight is 308 g/mol. The fraction of sp³-hybridized carbons (Fsp3) is 0.588. The van der Waals surface area contributed by atoms with Crippen LogP contribution < -0.4 is 10.5 Å². The SMILES string of the molecule is CCCCN(CCOc1ccccc1C(N)=S)C(C)CC. The van der Waals surface area contributed by atoms with E-state index in [1.807, 2.05) is 24.3 Å². The maximum absolute atomic E-state index is 5.89. The largest absolute Gasteiger partial charge is 0.492 e. The number of nitrogens with zero attached hydrogens (tertiary/aromatic N) is 1. The van der Waals surface area contributed by atoms with Crippen LogP contribution in [0.25, 0.3) is 0 Å². The van der Waals surface area contributed by atoms with Crippen LogP contribution in [0.3, 0.4) is 0 Å². The third-order valence-electron chi connectivity index (χ3n) is 3.80. The van der Waals surface area contributed by atoms with Crippen LogP contribution in [0.2, 0.25) is 0 Å². The van der Waals surface area contributed by atoms with E-state index >= 15 is 0 Å². The summed E-state index contributed by atoms with van der Waals surface area (Å²) >= 11 is 5.06. The maximum atomic E-state index is 5.89. The minimum atomic E-state index is 0.385. The Morgan fingerprint density at radius 2 is 2.00 bits per heavy atom. The van der Waals surface area contributed by atoms with Gasteiger partial charge in [-0.25, -0.2) is 0 Å². The Morgan fingerprint density at radius 3 is 2.62 bits per heavy atom. The van der Waals surface area contributed by atoms with E-state index in [2.05, 4.69) is 25.7 Å². The van der Waals surface area contributed by atoms with E-state index in [1.165, 1.54) is 12.8 Å². The predicted molar refractivity (Wildman–Crippen MR) is 94.1 cm³/mol. The molecule has 0 aromatic heterocycles. The molecule has 1 aromatic carbocycles. The monoisotopic (exact) mass is 308 g/mol. The van der Waals surface area contributed by atoms with E-state index in [1.54, 1.807) is 0 Å². The van der Waals surface area contributed by atoms with Gasteiger partial charge in [-0.05, 0) is 38.4 Å². The fourth-order valence-electron chi connectivity index (χ4n) is 2.24. The van der Waals surface area contributed by atoms with Crippen LogP contribution in [0.4, 0.5) is 0 Å². The lowest BCUT2D eigenvalue weighted by Crippen LogP contribution is -2.36. The molecule has 0 amide bonds. The van der Waals surface area contributed by atoms with Crippen molar-refractivity contribution in [1.82, 2.24) is 4.90 Å². The minimum Gasteiger partial charge on any atom is -0.492 e. The fourth-order valence-corrected chi connectivity index (χ4v) is 2.41. The van der Waals surface area contributed by atoms with Gasteiger partial charge < -0.3 is 10.5 Å². The smallest absolute Gasteiger partial charge is 0.129 e. The number of nitrogens with two attached hydrogens (primary N) is 1. The average Bonchev–Trinajstić information content (AvgIpc) is 2.50. The second kappa shape index (κ2) is 9.74. The molecule has 2 N–H and O–H groups in total. The molecule has 4 heteroatoms. The van der Waals surface area contributed by atoms with Crippen molar-refractivity contribution in [1.29, 1.82) is 0 Å². The van der Waals surface area contributed by atoms with E-state index in [0.29, 0.717) is 17.6 Å². The van der Waals surface area contributed by atoms with Crippen LogP contribution in [0.1, 0.15) is 45.6 Å². The molecule has 0 heterocycles. The zero-order valence-corrected chi connectivity index (χ0v) is 14.3. The molecule has 0 fully saturated rings.